The van der Waals surface area contributed by atoms with Gasteiger partial charge in [0.2, 0.25) is 0 Å². The molecule has 1 aliphatic heterocycles. The molecule has 1 fully saturated rings. The maximum Gasteiger partial charge on any atom is 0.324 e. The average Bonchev–Trinajstić information content (AvgIpc) is 2.78. The van der Waals surface area contributed by atoms with E-state index in [1.54, 1.807) is 34.1 Å². The molecule has 0 atom stereocenters. The van der Waals surface area contributed by atoms with Gasteiger partial charge in [0.1, 0.15) is 5.82 Å². The lowest BCUT2D eigenvalue weighted by Gasteiger charge is -2.36. The first-order valence-corrected chi connectivity index (χ1v) is 10.3. The molecule has 4 rings (SSSR count). The third kappa shape index (κ3) is 4.74. The molecule has 1 heterocycles. The molecular weight excluding hydrogens is 393 g/mol. The summed E-state index contributed by atoms with van der Waals surface area (Å²) in [5.74, 6) is -0.520. The molecule has 158 valence electrons. The number of hydrogen-bond donors (Lipinski definition) is 1. The van der Waals surface area contributed by atoms with Crippen molar-refractivity contribution >= 4 is 23.3 Å². The lowest BCUT2D eigenvalue weighted by molar-refractivity contribution is 0.102. The van der Waals surface area contributed by atoms with Crippen molar-refractivity contribution in [3.8, 4) is 0 Å². The number of hydrogen-bond acceptors (Lipinski definition) is 2. The Morgan fingerprint density at radius 1 is 1.00 bits per heavy atom. The van der Waals surface area contributed by atoms with Crippen LogP contribution in [0, 0.1) is 12.7 Å². The van der Waals surface area contributed by atoms with E-state index in [1.165, 1.54) is 12.1 Å². The molecule has 1 N–H and O–H groups in total. The first-order valence-electron chi connectivity index (χ1n) is 10.3. The number of carbonyl (C=O) groups excluding carboxylic acids is 2. The molecule has 0 saturated carbocycles. The number of urea groups is 1. The Kier molecular flexibility index (Phi) is 5.98. The van der Waals surface area contributed by atoms with E-state index in [4.69, 9.17) is 0 Å². The third-order valence-electron chi connectivity index (χ3n) is 5.32. The van der Waals surface area contributed by atoms with Crippen LogP contribution in [0.1, 0.15) is 27.9 Å². The van der Waals surface area contributed by atoms with Gasteiger partial charge in [0.05, 0.1) is 11.4 Å². The van der Waals surface area contributed by atoms with E-state index in [9.17, 15) is 14.0 Å². The van der Waals surface area contributed by atoms with Gasteiger partial charge < -0.3 is 10.2 Å². The number of aryl methyl sites for hydroxylation is 1. The number of nitrogens with one attached hydrogen (secondary N) is 1. The summed E-state index contributed by atoms with van der Waals surface area (Å²) < 4.78 is 13.2. The van der Waals surface area contributed by atoms with Gasteiger partial charge in [-0.25, -0.2) is 9.18 Å². The van der Waals surface area contributed by atoms with Crippen LogP contribution in [-0.4, -0.2) is 29.9 Å². The van der Waals surface area contributed by atoms with Crippen LogP contribution in [-0.2, 0) is 6.54 Å². The Morgan fingerprint density at radius 3 is 2.48 bits per heavy atom. The van der Waals surface area contributed by atoms with Crippen LogP contribution in [0.5, 0.6) is 0 Å². The SMILES string of the molecule is Cc1ccc(N2CCCN(Cc3ccc(F)cc3)C2=O)c(NC(=O)c2ccccc2)c1. The quantitative estimate of drug-likeness (QED) is 0.619. The fourth-order valence-electron chi connectivity index (χ4n) is 3.73. The van der Waals surface area contributed by atoms with Crippen molar-refractivity contribution in [1.29, 1.82) is 0 Å². The van der Waals surface area contributed by atoms with E-state index >= 15 is 0 Å². The highest BCUT2D eigenvalue weighted by Gasteiger charge is 2.28. The summed E-state index contributed by atoms with van der Waals surface area (Å²) in [6.07, 6.45) is 0.798. The minimum absolute atomic E-state index is 0.130. The van der Waals surface area contributed by atoms with Gasteiger partial charge in [-0.15, -0.1) is 0 Å². The van der Waals surface area contributed by atoms with Crippen molar-refractivity contribution in [2.45, 2.75) is 19.9 Å². The van der Waals surface area contributed by atoms with Crippen LogP contribution < -0.4 is 10.2 Å². The standard InChI is InChI=1S/C25H24FN3O2/c1-18-8-13-23(22(16-18)27-24(30)20-6-3-2-4-7-20)29-15-5-14-28(25(29)31)17-19-9-11-21(26)12-10-19/h2-4,6-13,16H,5,14-15,17H2,1H3,(H,27,30). The van der Waals surface area contributed by atoms with Crippen molar-refractivity contribution in [3.05, 3.63) is 95.3 Å². The zero-order valence-corrected chi connectivity index (χ0v) is 17.3. The van der Waals surface area contributed by atoms with E-state index in [-0.39, 0.29) is 17.8 Å². The molecule has 1 aliphatic rings. The minimum Gasteiger partial charge on any atom is -0.320 e. The molecule has 5 nitrogen and oxygen atoms in total. The Balaban J connectivity index is 1.57. The molecule has 3 amide bonds. The first kappa shape index (κ1) is 20.6. The summed E-state index contributed by atoms with van der Waals surface area (Å²) in [6, 6.07) is 20.7. The molecule has 0 aliphatic carbocycles. The highest BCUT2D eigenvalue weighted by Crippen LogP contribution is 2.30. The Labute approximate surface area is 181 Å². The Bertz CT molecular complexity index is 1080. The van der Waals surface area contributed by atoms with Gasteiger partial charge in [0, 0.05) is 25.2 Å². The fourth-order valence-corrected chi connectivity index (χ4v) is 3.73. The normalized spacial score (nSPS) is 13.9. The van der Waals surface area contributed by atoms with E-state index in [0.29, 0.717) is 36.6 Å². The summed E-state index contributed by atoms with van der Waals surface area (Å²) in [5, 5.41) is 2.96. The van der Waals surface area contributed by atoms with Gasteiger partial charge in [-0.3, -0.25) is 9.69 Å². The second kappa shape index (κ2) is 9.00. The summed E-state index contributed by atoms with van der Waals surface area (Å²) >= 11 is 0. The highest BCUT2D eigenvalue weighted by atomic mass is 19.1. The van der Waals surface area contributed by atoms with Crippen LogP contribution in [0.4, 0.5) is 20.6 Å². The largest absolute Gasteiger partial charge is 0.324 e. The first-order chi connectivity index (χ1) is 15.0. The number of anilines is 2. The number of amides is 3. The lowest BCUT2D eigenvalue weighted by atomic mass is 10.1. The van der Waals surface area contributed by atoms with Crippen LogP contribution in [0.25, 0.3) is 0 Å². The topological polar surface area (TPSA) is 52.6 Å². The van der Waals surface area contributed by atoms with Crippen LogP contribution >= 0.6 is 0 Å². The number of halogens is 1. The smallest absolute Gasteiger partial charge is 0.320 e. The summed E-state index contributed by atoms with van der Waals surface area (Å²) in [4.78, 5) is 29.4. The monoisotopic (exact) mass is 417 g/mol. The molecule has 6 heteroatoms. The second-order valence-corrected chi connectivity index (χ2v) is 7.68. The predicted octanol–water partition coefficient (Wildman–Crippen LogP) is 5.22. The highest BCUT2D eigenvalue weighted by molar-refractivity contribution is 6.07. The zero-order valence-electron chi connectivity index (χ0n) is 17.3. The predicted molar refractivity (Wildman–Crippen MR) is 120 cm³/mol. The van der Waals surface area contributed by atoms with E-state index in [2.05, 4.69) is 5.32 Å². The van der Waals surface area contributed by atoms with Crippen molar-refractivity contribution in [2.75, 3.05) is 23.3 Å². The van der Waals surface area contributed by atoms with Gasteiger partial charge in [-0.05, 0) is 60.9 Å². The summed E-state index contributed by atoms with van der Waals surface area (Å²) in [6.45, 7) is 3.55. The molecule has 0 aromatic heterocycles. The third-order valence-corrected chi connectivity index (χ3v) is 5.32. The van der Waals surface area contributed by atoms with Gasteiger partial charge >= 0.3 is 6.03 Å². The Morgan fingerprint density at radius 2 is 1.74 bits per heavy atom. The molecular formula is C25H24FN3O2. The molecule has 3 aromatic rings. The lowest BCUT2D eigenvalue weighted by Crippen LogP contribution is -2.49. The molecule has 0 spiro atoms. The molecule has 0 bridgehead atoms. The van der Waals surface area contributed by atoms with Crippen molar-refractivity contribution in [3.63, 3.8) is 0 Å². The number of rotatable bonds is 5. The summed E-state index contributed by atoms with van der Waals surface area (Å²) in [5.41, 5.74) is 3.69. The van der Waals surface area contributed by atoms with Gasteiger partial charge in [0.25, 0.3) is 5.91 Å². The number of benzene rings is 3. The molecule has 0 radical (unpaired) electrons. The van der Waals surface area contributed by atoms with Crippen LogP contribution in [0.15, 0.2) is 72.8 Å². The zero-order chi connectivity index (χ0) is 21.8. The molecule has 3 aromatic carbocycles. The summed E-state index contributed by atoms with van der Waals surface area (Å²) in [7, 11) is 0. The van der Waals surface area contributed by atoms with Crippen molar-refractivity contribution in [2.24, 2.45) is 0 Å². The van der Waals surface area contributed by atoms with Crippen LogP contribution in [0.2, 0.25) is 0 Å². The molecule has 0 unspecified atom stereocenters. The van der Waals surface area contributed by atoms with E-state index in [0.717, 1.165) is 17.5 Å². The fraction of sp³-hybridized carbons (Fsp3) is 0.200. The van der Waals surface area contributed by atoms with Crippen LogP contribution in [0.3, 0.4) is 0 Å². The second-order valence-electron chi connectivity index (χ2n) is 7.68. The maximum atomic E-state index is 13.3. The molecule has 1 saturated heterocycles. The van der Waals surface area contributed by atoms with E-state index in [1.807, 2.05) is 43.3 Å². The minimum atomic E-state index is -0.297. The van der Waals surface area contributed by atoms with Crippen molar-refractivity contribution < 1.29 is 14.0 Å². The number of carbonyl (C=O) groups is 2. The Hall–Kier alpha value is -3.67. The molecule has 31 heavy (non-hydrogen) atoms. The maximum absolute atomic E-state index is 13.3. The van der Waals surface area contributed by atoms with Gasteiger partial charge in [0.15, 0.2) is 0 Å². The van der Waals surface area contributed by atoms with Gasteiger partial charge in [-0.1, -0.05) is 36.4 Å². The van der Waals surface area contributed by atoms with Crippen molar-refractivity contribution in [1.82, 2.24) is 4.90 Å². The average molecular weight is 417 g/mol. The van der Waals surface area contributed by atoms with E-state index < -0.39 is 0 Å². The van der Waals surface area contributed by atoms with Gasteiger partial charge in [-0.2, -0.15) is 0 Å². The number of nitrogens with zero attached hydrogens (tertiary/aromatic N) is 2.